The molecule has 1 saturated heterocycles. The Labute approximate surface area is 168 Å². The smallest absolute Gasteiger partial charge is 0.263 e. The second-order valence-corrected chi connectivity index (χ2v) is 7.47. The highest BCUT2D eigenvalue weighted by Gasteiger charge is 2.39. The van der Waals surface area contributed by atoms with E-state index < -0.39 is 11.8 Å². The van der Waals surface area contributed by atoms with Crippen LogP contribution in [0.25, 0.3) is 0 Å². The molecular formula is C21H20ClN3O3. The first-order chi connectivity index (χ1) is 13.5. The van der Waals surface area contributed by atoms with Crippen LogP contribution in [0, 0.1) is 6.92 Å². The predicted molar refractivity (Wildman–Crippen MR) is 107 cm³/mol. The van der Waals surface area contributed by atoms with Gasteiger partial charge in [-0.05, 0) is 36.8 Å². The molecule has 0 saturated carbocycles. The van der Waals surface area contributed by atoms with Crippen molar-refractivity contribution < 1.29 is 14.4 Å². The topological polar surface area (TPSA) is 60.9 Å². The number of carbonyl (C=O) groups is 3. The minimum atomic E-state index is -0.502. The molecule has 3 amide bonds. The molecular weight excluding hydrogens is 378 g/mol. The molecule has 0 aromatic heterocycles. The van der Waals surface area contributed by atoms with E-state index in [-0.39, 0.29) is 28.6 Å². The van der Waals surface area contributed by atoms with Crippen LogP contribution in [0.3, 0.4) is 0 Å². The second-order valence-electron chi connectivity index (χ2n) is 7.07. The molecule has 0 spiro atoms. The number of nitrogens with zero attached hydrogens (tertiary/aromatic N) is 3. The summed E-state index contributed by atoms with van der Waals surface area (Å²) in [6, 6.07) is 13.0. The maximum atomic E-state index is 12.7. The van der Waals surface area contributed by atoms with Gasteiger partial charge in [-0.2, -0.15) is 0 Å². The number of aryl methyl sites for hydroxylation is 1. The van der Waals surface area contributed by atoms with Crippen LogP contribution >= 0.6 is 11.6 Å². The van der Waals surface area contributed by atoms with Crippen LogP contribution in [0.5, 0.6) is 0 Å². The van der Waals surface area contributed by atoms with E-state index in [0.29, 0.717) is 26.2 Å². The van der Waals surface area contributed by atoms with Gasteiger partial charge in [-0.15, -0.1) is 0 Å². The molecule has 6 nitrogen and oxygen atoms in total. The van der Waals surface area contributed by atoms with E-state index in [1.165, 1.54) is 5.56 Å². The molecule has 2 aromatic carbocycles. The molecule has 2 aromatic rings. The van der Waals surface area contributed by atoms with Crippen LogP contribution in [-0.4, -0.2) is 60.2 Å². The van der Waals surface area contributed by atoms with E-state index in [4.69, 9.17) is 11.6 Å². The molecule has 1 fully saturated rings. The third-order valence-corrected chi connectivity index (χ3v) is 5.56. The lowest BCUT2D eigenvalue weighted by molar-refractivity contribution is -0.131. The van der Waals surface area contributed by atoms with Gasteiger partial charge in [0.2, 0.25) is 5.91 Å². The Kier molecular flexibility index (Phi) is 4.81. The molecule has 7 heteroatoms. The van der Waals surface area contributed by atoms with E-state index in [0.717, 1.165) is 10.6 Å². The maximum Gasteiger partial charge on any atom is 0.263 e. The number of carbonyl (C=O) groups excluding carboxylic acids is 3. The average Bonchev–Trinajstić information content (AvgIpc) is 2.94. The number of hydrogen-bond acceptors (Lipinski definition) is 4. The molecule has 4 rings (SSSR count). The summed E-state index contributed by atoms with van der Waals surface area (Å²) >= 11 is 6.07. The molecule has 2 aliphatic rings. The number of piperazine rings is 1. The molecule has 0 atom stereocenters. The maximum absolute atomic E-state index is 12.7. The first-order valence-electron chi connectivity index (χ1n) is 9.20. The van der Waals surface area contributed by atoms with Crippen molar-refractivity contribution in [1.29, 1.82) is 0 Å². The zero-order chi connectivity index (χ0) is 19.8. The van der Waals surface area contributed by atoms with Crippen LogP contribution in [0.4, 0.5) is 5.69 Å². The fourth-order valence-corrected chi connectivity index (χ4v) is 3.97. The molecule has 28 heavy (non-hydrogen) atoms. The van der Waals surface area contributed by atoms with Gasteiger partial charge in [0.1, 0.15) is 6.54 Å². The standard InChI is InChI=1S/C21H20ClN3O3/c1-14-4-2-5-15(12-14)23-8-10-24(11-9-23)18(26)13-25-20(27)16-6-3-7-17(22)19(16)21(25)28/h2-7,12H,8-11,13H2,1H3. The highest BCUT2D eigenvalue weighted by Crippen LogP contribution is 2.29. The Bertz CT molecular complexity index is 967. The minimum absolute atomic E-state index is 0.186. The largest absolute Gasteiger partial charge is 0.368 e. The second kappa shape index (κ2) is 7.28. The number of anilines is 1. The number of fused-ring (bicyclic) bond motifs is 1. The van der Waals surface area contributed by atoms with E-state index in [1.807, 2.05) is 6.07 Å². The molecule has 144 valence electrons. The SMILES string of the molecule is Cc1cccc(N2CCN(C(=O)CN3C(=O)c4cccc(Cl)c4C3=O)CC2)c1. The van der Waals surface area contributed by atoms with Crippen molar-refractivity contribution in [2.24, 2.45) is 0 Å². The van der Waals surface area contributed by atoms with Crippen molar-refractivity contribution in [2.75, 3.05) is 37.6 Å². The summed E-state index contributed by atoms with van der Waals surface area (Å²) in [6.07, 6.45) is 0. The van der Waals surface area contributed by atoms with Gasteiger partial charge >= 0.3 is 0 Å². The van der Waals surface area contributed by atoms with Crippen LogP contribution < -0.4 is 4.90 Å². The Hall–Kier alpha value is -2.86. The van der Waals surface area contributed by atoms with Gasteiger partial charge in [0.15, 0.2) is 0 Å². The first-order valence-corrected chi connectivity index (χ1v) is 9.57. The van der Waals surface area contributed by atoms with Gasteiger partial charge in [0.05, 0.1) is 16.1 Å². The lowest BCUT2D eigenvalue weighted by Crippen LogP contribution is -2.51. The highest BCUT2D eigenvalue weighted by molar-refractivity contribution is 6.37. The summed E-state index contributed by atoms with van der Waals surface area (Å²) in [4.78, 5) is 42.7. The van der Waals surface area contributed by atoms with Crippen molar-refractivity contribution in [3.8, 4) is 0 Å². The Morgan fingerprint density at radius 3 is 2.39 bits per heavy atom. The van der Waals surface area contributed by atoms with Crippen LogP contribution in [-0.2, 0) is 4.79 Å². The lowest BCUT2D eigenvalue weighted by Gasteiger charge is -2.36. The molecule has 0 radical (unpaired) electrons. The Morgan fingerprint density at radius 1 is 1.00 bits per heavy atom. The van der Waals surface area contributed by atoms with Crippen LogP contribution in [0.1, 0.15) is 26.3 Å². The third-order valence-electron chi connectivity index (χ3n) is 5.24. The zero-order valence-electron chi connectivity index (χ0n) is 15.5. The molecule has 0 N–H and O–H groups in total. The quantitative estimate of drug-likeness (QED) is 0.747. The van der Waals surface area contributed by atoms with E-state index in [9.17, 15) is 14.4 Å². The van der Waals surface area contributed by atoms with Gasteiger partial charge in [-0.25, -0.2) is 0 Å². The van der Waals surface area contributed by atoms with Crippen molar-refractivity contribution in [2.45, 2.75) is 6.92 Å². The predicted octanol–water partition coefficient (Wildman–Crippen LogP) is 2.59. The summed E-state index contributed by atoms with van der Waals surface area (Å²) in [7, 11) is 0. The fourth-order valence-electron chi connectivity index (χ4n) is 3.71. The average molecular weight is 398 g/mol. The number of imide groups is 1. The number of hydrogen-bond donors (Lipinski definition) is 0. The fraction of sp³-hybridized carbons (Fsp3) is 0.286. The summed E-state index contributed by atoms with van der Waals surface area (Å²) in [5, 5.41) is 0.234. The normalized spacial score (nSPS) is 16.6. The number of amides is 3. The summed E-state index contributed by atoms with van der Waals surface area (Å²) in [6.45, 7) is 4.32. The Balaban J connectivity index is 1.40. The van der Waals surface area contributed by atoms with Gasteiger partial charge in [0, 0.05) is 31.9 Å². The highest BCUT2D eigenvalue weighted by atomic mass is 35.5. The summed E-state index contributed by atoms with van der Waals surface area (Å²) in [5.41, 5.74) is 2.78. The number of benzene rings is 2. The van der Waals surface area contributed by atoms with Gasteiger partial charge in [-0.3, -0.25) is 19.3 Å². The van der Waals surface area contributed by atoms with Crippen LogP contribution in [0.2, 0.25) is 5.02 Å². The van der Waals surface area contributed by atoms with E-state index in [1.54, 1.807) is 23.1 Å². The molecule has 2 aliphatic heterocycles. The first kappa shape index (κ1) is 18.5. The summed E-state index contributed by atoms with van der Waals surface area (Å²) < 4.78 is 0. The van der Waals surface area contributed by atoms with Gasteiger partial charge in [0.25, 0.3) is 11.8 Å². The number of halogens is 1. The monoisotopic (exact) mass is 397 g/mol. The van der Waals surface area contributed by atoms with Crippen LogP contribution in [0.15, 0.2) is 42.5 Å². The third kappa shape index (κ3) is 3.24. The minimum Gasteiger partial charge on any atom is -0.368 e. The summed E-state index contributed by atoms with van der Waals surface area (Å²) in [5.74, 6) is -1.19. The lowest BCUT2D eigenvalue weighted by atomic mass is 10.1. The number of rotatable bonds is 3. The van der Waals surface area contributed by atoms with E-state index in [2.05, 4.69) is 30.0 Å². The molecule has 0 unspecified atom stereocenters. The molecule has 0 aliphatic carbocycles. The zero-order valence-corrected chi connectivity index (χ0v) is 16.3. The van der Waals surface area contributed by atoms with Crippen molar-refractivity contribution >= 4 is 35.0 Å². The molecule has 2 heterocycles. The Morgan fingerprint density at radius 2 is 1.71 bits per heavy atom. The molecule has 0 bridgehead atoms. The van der Waals surface area contributed by atoms with Crippen molar-refractivity contribution in [1.82, 2.24) is 9.80 Å². The van der Waals surface area contributed by atoms with Crippen molar-refractivity contribution in [3.05, 3.63) is 64.2 Å². The van der Waals surface area contributed by atoms with Crippen molar-refractivity contribution in [3.63, 3.8) is 0 Å². The van der Waals surface area contributed by atoms with E-state index >= 15 is 0 Å². The van der Waals surface area contributed by atoms with Gasteiger partial charge < -0.3 is 9.80 Å². The van der Waals surface area contributed by atoms with Gasteiger partial charge in [-0.1, -0.05) is 29.8 Å².